The third kappa shape index (κ3) is 5.52. The van der Waals surface area contributed by atoms with Crippen molar-refractivity contribution in [1.82, 2.24) is 24.6 Å². The molecule has 0 atom stereocenters. The summed E-state index contributed by atoms with van der Waals surface area (Å²) in [5.74, 6) is 0.199. The number of nitro benzene ring substituents is 1. The summed E-state index contributed by atoms with van der Waals surface area (Å²) in [5.41, 5.74) is -0.518. The van der Waals surface area contributed by atoms with Crippen LogP contribution in [0.3, 0.4) is 0 Å². The maximum absolute atomic E-state index is 12.9. The number of carbonyl (C=O) groups excluding carboxylic acids is 1. The topological polar surface area (TPSA) is 134 Å². The molecule has 186 valence electrons. The number of non-ortho nitro benzene ring substituents is 1. The molecule has 36 heavy (non-hydrogen) atoms. The van der Waals surface area contributed by atoms with E-state index in [1.807, 2.05) is 0 Å². The highest BCUT2D eigenvalue weighted by molar-refractivity contribution is 6.30. The highest BCUT2D eigenvalue weighted by Gasteiger charge is 2.29. The van der Waals surface area contributed by atoms with Crippen LogP contribution in [-0.2, 0) is 17.9 Å². The highest BCUT2D eigenvalue weighted by Crippen LogP contribution is 2.21. The first-order valence-corrected chi connectivity index (χ1v) is 11.4. The van der Waals surface area contributed by atoms with E-state index >= 15 is 0 Å². The molecule has 0 aliphatic rings. The minimum Gasteiger partial charge on any atom is -0.478 e. The van der Waals surface area contributed by atoms with Crippen molar-refractivity contribution in [3.63, 3.8) is 0 Å². The van der Waals surface area contributed by atoms with Crippen molar-refractivity contribution in [3.05, 3.63) is 92.1 Å². The predicted molar refractivity (Wildman–Crippen MR) is 133 cm³/mol. The molecule has 0 radical (unpaired) electrons. The van der Waals surface area contributed by atoms with E-state index in [1.54, 1.807) is 50.2 Å². The third-order valence-electron chi connectivity index (χ3n) is 5.44. The average Bonchev–Trinajstić information content (AvgIpc) is 3.26. The number of nitrogens with one attached hydrogen (secondary N) is 1. The SMILES string of the molecule is CC(C)(Oc1ccc(Cl)cc1)C(=O)NCCn1ncc2c(=O)n(Cc3cccc([N+](=O)[O-])c3)cnc21. The molecular formula is C24H23ClN6O5. The van der Waals surface area contributed by atoms with Crippen LogP contribution in [0.5, 0.6) is 5.75 Å². The molecule has 11 nitrogen and oxygen atoms in total. The number of rotatable bonds is 9. The molecule has 4 rings (SSSR count). The Morgan fingerprint density at radius 2 is 1.97 bits per heavy atom. The Balaban J connectivity index is 1.40. The lowest BCUT2D eigenvalue weighted by Crippen LogP contribution is -2.47. The van der Waals surface area contributed by atoms with Gasteiger partial charge in [0, 0.05) is 23.7 Å². The van der Waals surface area contributed by atoms with Gasteiger partial charge in [-0.05, 0) is 43.7 Å². The predicted octanol–water partition coefficient (Wildman–Crippen LogP) is 3.18. The van der Waals surface area contributed by atoms with E-state index in [-0.39, 0.29) is 36.8 Å². The molecule has 1 amide bonds. The second-order valence-electron chi connectivity index (χ2n) is 8.53. The van der Waals surface area contributed by atoms with Gasteiger partial charge in [-0.1, -0.05) is 23.7 Å². The Bertz CT molecular complexity index is 1480. The average molecular weight is 511 g/mol. The number of benzene rings is 2. The van der Waals surface area contributed by atoms with Crippen molar-refractivity contribution >= 4 is 34.2 Å². The maximum atomic E-state index is 12.9. The minimum atomic E-state index is -1.13. The third-order valence-corrected chi connectivity index (χ3v) is 5.69. The summed E-state index contributed by atoms with van der Waals surface area (Å²) in [6.07, 6.45) is 2.80. The van der Waals surface area contributed by atoms with Crippen molar-refractivity contribution in [1.29, 1.82) is 0 Å². The molecular weight excluding hydrogens is 488 g/mol. The summed E-state index contributed by atoms with van der Waals surface area (Å²) in [6.45, 7) is 3.97. The zero-order chi connectivity index (χ0) is 25.9. The number of amides is 1. The van der Waals surface area contributed by atoms with Crippen LogP contribution in [0, 0.1) is 10.1 Å². The Hall–Kier alpha value is -4.25. The van der Waals surface area contributed by atoms with Crippen LogP contribution in [0.4, 0.5) is 5.69 Å². The highest BCUT2D eigenvalue weighted by atomic mass is 35.5. The molecule has 0 saturated carbocycles. The minimum absolute atomic E-state index is 0.0498. The van der Waals surface area contributed by atoms with Gasteiger partial charge in [-0.15, -0.1) is 0 Å². The van der Waals surface area contributed by atoms with Crippen LogP contribution >= 0.6 is 11.6 Å². The van der Waals surface area contributed by atoms with Gasteiger partial charge in [0.1, 0.15) is 17.5 Å². The maximum Gasteiger partial charge on any atom is 0.269 e. The molecule has 0 aliphatic heterocycles. The van der Waals surface area contributed by atoms with E-state index < -0.39 is 10.5 Å². The second kappa shape index (κ2) is 10.2. The van der Waals surface area contributed by atoms with Gasteiger partial charge >= 0.3 is 0 Å². The van der Waals surface area contributed by atoms with Gasteiger partial charge in [-0.2, -0.15) is 5.10 Å². The summed E-state index contributed by atoms with van der Waals surface area (Å²) < 4.78 is 8.68. The number of hydrogen-bond donors (Lipinski definition) is 1. The molecule has 2 aromatic heterocycles. The standard InChI is InChI=1S/C24H23ClN6O5/c1-24(2,36-19-8-6-17(25)7-9-19)23(33)26-10-11-30-21-20(13-28-30)22(32)29(15-27-21)14-16-4-3-5-18(12-16)31(34)35/h3-9,12-13,15H,10-11,14H2,1-2H3,(H,26,33). The molecule has 0 saturated heterocycles. The zero-order valence-corrected chi connectivity index (χ0v) is 20.3. The van der Waals surface area contributed by atoms with Crippen molar-refractivity contribution in [2.45, 2.75) is 32.5 Å². The summed E-state index contributed by atoms with van der Waals surface area (Å²) in [5, 5.41) is 18.9. The number of nitrogens with zero attached hydrogens (tertiary/aromatic N) is 5. The molecule has 2 aromatic carbocycles. The van der Waals surface area contributed by atoms with Crippen molar-refractivity contribution in [2.24, 2.45) is 0 Å². The van der Waals surface area contributed by atoms with Gasteiger partial charge in [0.05, 0.1) is 24.2 Å². The lowest BCUT2D eigenvalue weighted by molar-refractivity contribution is -0.384. The number of carbonyl (C=O) groups is 1. The molecule has 12 heteroatoms. The summed E-state index contributed by atoms with van der Waals surface area (Å²) in [4.78, 5) is 40.4. The van der Waals surface area contributed by atoms with Crippen LogP contribution in [0.1, 0.15) is 19.4 Å². The van der Waals surface area contributed by atoms with Crippen molar-refractivity contribution in [3.8, 4) is 5.75 Å². The van der Waals surface area contributed by atoms with Crippen LogP contribution < -0.4 is 15.6 Å². The van der Waals surface area contributed by atoms with Crippen LogP contribution in [0.2, 0.25) is 5.02 Å². The van der Waals surface area contributed by atoms with Crippen molar-refractivity contribution in [2.75, 3.05) is 6.54 Å². The summed E-state index contributed by atoms with van der Waals surface area (Å²) in [7, 11) is 0. The van der Waals surface area contributed by atoms with Gasteiger partial charge in [0.15, 0.2) is 11.2 Å². The fraction of sp³-hybridized carbons (Fsp3) is 0.250. The quantitative estimate of drug-likeness (QED) is 0.270. The van der Waals surface area contributed by atoms with Gasteiger partial charge < -0.3 is 10.1 Å². The van der Waals surface area contributed by atoms with Gasteiger partial charge in [-0.3, -0.25) is 24.3 Å². The van der Waals surface area contributed by atoms with Crippen molar-refractivity contribution < 1.29 is 14.5 Å². The summed E-state index contributed by atoms with van der Waals surface area (Å²) in [6, 6.07) is 12.8. The first-order valence-electron chi connectivity index (χ1n) is 11.0. The monoisotopic (exact) mass is 510 g/mol. The van der Waals surface area contributed by atoms with Gasteiger partial charge in [0.2, 0.25) is 0 Å². The molecule has 4 aromatic rings. The first-order chi connectivity index (χ1) is 17.1. The van der Waals surface area contributed by atoms with Gasteiger partial charge in [-0.25, -0.2) is 9.67 Å². The van der Waals surface area contributed by atoms with E-state index in [4.69, 9.17) is 16.3 Å². The molecule has 0 unspecified atom stereocenters. The number of hydrogen-bond acceptors (Lipinski definition) is 7. The Morgan fingerprint density at radius 1 is 1.22 bits per heavy atom. The molecule has 0 bridgehead atoms. The van der Waals surface area contributed by atoms with Crippen LogP contribution in [-0.4, -0.2) is 42.3 Å². The van der Waals surface area contributed by atoms with Crippen LogP contribution in [0.15, 0.2) is 65.8 Å². The van der Waals surface area contributed by atoms with E-state index in [2.05, 4.69) is 15.4 Å². The summed E-state index contributed by atoms with van der Waals surface area (Å²) >= 11 is 5.88. The Labute approximate surface area is 210 Å². The molecule has 0 fully saturated rings. The Morgan fingerprint density at radius 3 is 2.69 bits per heavy atom. The first kappa shape index (κ1) is 24.9. The lowest BCUT2D eigenvalue weighted by Gasteiger charge is -2.25. The normalized spacial score (nSPS) is 11.4. The lowest BCUT2D eigenvalue weighted by atomic mass is 10.1. The smallest absolute Gasteiger partial charge is 0.269 e. The number of nitro groups is 1. The zero-order valence-electron chi connectivity index (χ0n) is 19.6. The molecule has 1 N–H and O–H groups in total. The fourth-order valence-electron chi connectivity index (χ4n) is 3.57. The van der Waals surface area contributed by atoms with Crippen LogP contribution in [0.25, 0.3) is 11.0 Å². The number of fused-ring (bicyclic) bond motifs is 1. The van der Waals surface area contributed by atoms with Gasteiger partial charge in [0.25, 0.3) is 17.2 Å². The molecule has 2 heterocycles. The van der Waals surface area contributed by atoms with E-state index in [0.717, 1.165) is 0 Å². The number of aromatic nitrogens is 4. The molecule has 0 aliphatic carbocycles. The number of ether oxygens (including phenoxy) is 1. The Kier molecular flexibility index (Phi) is 7.02. The number of halogens is 1. The fourth-order valence-corrected chi connectivity index (χ4v) is 3.70. The second-order valence-corrected chi connectivity index (χ2v) is 8.97. The van der Waals surface area contributed by atoms with E-state index in [1.165, 1.54) is 33.9 Å². The largest absolute Gasteiger partial charge is 0.478 e. The van der Waals surface area contributed by atoms with E-state index in [0.29, 0.717) is 27.4 Å². The molecule has 0 spiro atoms. The van der Waals surface area contributed by atoms with E-state index in [9.17, 15) is 19.7 Å².